The van der Waals surface area contributed by atoms with Crippen LogP contribution in [0.5, 0.6) is 5.75 Å². The quantitative estimate of drug-likeness (QED) is 0.474. The monoisotopic (exact) mass is 398 g/mol. The van der Waals surface area contributed by atoms with E-state index < -0.39 is 12.2 Å². The van der Waals surface area contributed by atoms with Crippen LogP contribution in [0.15, 0.2) is 39.9 Å². The molecule has 2 aromatic heterocycles. The number of rotatable bonds is 6. The molecule has 0 saturated carbocycles. The van der Waals surface area contributed by atoms with Gasteiger partial charge in [0, 0.05) is 5.02 Å². The van der Waals surface area contributed by atoms with Gasteiger partial charge in [0.1, 0.15) is 23.9 Å². The van der Waals surface area contributed by atoms with Crippen molar-refractivity contribution in [1.29, 1.82) is 0 Å². The normalized spacial score (nSPS) is 11.6. The van der Waals surface area contributed by atoms with Gasteiger partial charge in [0.2, 0.25) is 10.6 Å². The number of aryl methyl sites for hydroxylation is 1. The molecule has 0 unspecified atom stereocenters. The Morgan fingerprint density at radius 2 is 2.23 bits per heavy atom. The SMILES string of the molecule is Cc1cc(OCc2ccc(C=Nn3c(C(F)F)n[nH]c3=S)o2)ccc1Cl. The van der Waals surface area contributed by atoms with Gasteiger partial charge in [0.05, 0.1) is 6.21 Å². The molecule has 0 aliphatic rings. The Balaban J connectivity index is 1.67. The number of benzene rings is 1. The Kier molecular flexibility index (Phi) is 5.48. The lowest BCUT2D eigenvalue weighted by molar-refractivity contribution is 0.136. The van der Waals surface area contributed by atoms with E-state index in [4.69, 9.17) is 33.0 Å². The molecule has 136 valence electrons. The highest BCUT2D eigenvalue weighted by Crippen LogP contribution is 2.22. The highest BCUT2D eigenvalue weighted by Gasteiger charge is 2.16. The van der Waals surface area contributed by atoms with Crippen molar-refractivity contribution in [3.63, 3.8) is 0 Å². The molecule has 10 heteroatoms. The molecule has 0 aliphatic carbocycles. The number of ether oxygens (including phenoxy) is 1. The molecule has 0 bridgehead atoms. The third-order valence-electron chi connectivity index (χ3n) is 3.36. The Labute approximate surface area is 157 Å². The molecule has 1 aromatic carbocycles. The summed E-state index contributed by atoms with van der Waals surface area (Å²) in [7, 11) is 0. The third kappa shape index (κ3) is 4.17. The lowest BCUT2D eigenvalue weighted by Crippen LogP contribution is -1.99. The standard InChI is InChI=1S/C16H13ClF2N4O2S/c1-9-6-10(4-5-13(9)17)24-8-12-3-2-11(25-12)7-20-23-15(14(18)19)21-22-16(23)26/h2-7,14H,8H2,1H3,(H,22,26). The summed E-state index contributed by atoms with van der Waals surface area (Å²) in [6.45, 7) is 2.08. The molecular weight excluding hydrogens is 386 g/mol. The summed E-state index contributed by atoms with van der Waals surface area (Å²) in [6, 6.07) is 8.67. The number of aromatic nitrogens is 3. The highest BCUT2D eigenvalue weighted by molar-refractivity contribution is 7.71. The molecule has 2 heterocycles. The van der Waals surface area contributed by atoms with Crippen molar-refractivity contribution in [2.45, 2.75) is 20.0 Å². The fraction of sp³-hybridized carbons (Fsp3) is 0.188. The van der Waals surface area contributed by atoms with Crippen LogP contribution in [0.4, 0.5) is 8.78 Å². The first-order chi connectivity index (χ1) is 12.4. The zero-order valence-corrected chi connectivity index (χ0v) is 15.0. The molecule has 0 saturated heterocycles. The molecule has 0 spiro atoms. The van der Waals surface area contributed by atoms with E-state index in [9.17, 15) is 8.78 Å². The fourth-order valence-electron chi connectivity index (χ4n) is 2.07. The van der Waals surface area contributed by atoms with Gasteiger partial charge >= 0.3 is 0 Å². The van der Waals surface area contributed by atoms with Gasteiger partial charge in [-0.15, -0.1) is 0 Å². The Morgan fingerprint density at radius 1 is 1.42 bits per heavy atom. The first-order valence-corrected chi connectivity index (χ1v) is 8.20. The summed E-state index contributed by atoms with van der Waals surface area (Å²) in [5, 5.41) is 10.2. The minimum atomic E-state index is -2.80. The lowest BCUT2D eigenvalue weighted by Gasteiger charge is -2.05. The summed E-state index contributed by atoms with van der Waals surface area (Å²) < 4.78 is 37.6. The summed E-state index contributed by atoms with van der Waals surface area (Å²) in [5.41, 5.74) is 0.906. The summed E-state index contributed by atoms with van der Waals surface area (Å²) in [6.07, 6.45) is -1.53. The van der Waals surface area contributed by atoms with Crippen molar-refractivity contribution in [3.05, 3.63) is 63.0 Å². The van der Waals surface area contributed by atoms with E-state index in [0.29, 0.717) is 22.3 Å². The van der Waals surface area contributed by atoms with Gasteiger partial charge in [0.25, 0.3) is 6.43 Å². The number of hydrogen-bond donors (Lipinski definition) is 1. The van der Waals surface area contributed by atoms with Crippen LogP contribution < -0.4 is 4.74 Å². The van der Waals surface area contributed by atoms with Gasteiger partial charge in [-0.1, -0.05) is 11.6 Å². The predicted molar refractivity (Wildman–Crippen MR) is 94.6 cm³/mol. The Bertz CT molecular complexity index is 996. The first kappa shape index (κ1) is 18.3. The van der Waals surface area contributed by atoms with E-state index in [1.54, 1.807) is 24.3 Å². The van der Waals surface area contributed by atoms with Crippen LogP contribution in [-0.4, -0.2) is 21.1 Å². The predicted octanol–water partition coefficient (Wildman–Crippen LogP) is 4.89. The van der Waals surface area contributed by atoms with Crippen molar-refractivity contribution in [2.24, 2.45) is 5.10 Å². The number of H-pyrrole nitrogens is 1. The van der Waals surface area contributed by atoms with Gasteiger partial charge in [0.15, 0.2) is 0 Å². The molecule has 6 nitrogen and oxygen atoms in total. The number of hydrogen-bond acceptors (Lipinski definition) is 5. The van der Waals surface area contributed by atoms with Crippen molar-refractivity contribution in [3.8, 4) is 5.75 Å². The molecular formula is C16H13ClF2N4O2S. The third-order valence-corrected chi connectivity index (χ3v) is 4.05. The lowest BCUT2D eigenvalue weighted by atomic mass is 10.2. The minimum Gasteiger partial charge on any atom is -0.486 e. The smallest absolute Gasteiger partial charge is 0.299 e. The van der Waals surface area contributed by atoms with E-state index in [2.05, 4.69) is 15.3 Å². The van der Waals surface area contributed by atoms with Gasteiger partial charge in [-0.25, -0.2) is 13.9 Å². The topological polar surface area (TPSA) is 68.3 Å². The number of nitrogens with zero attached hydrogens (tertiary/aromatic N) is 3. The van der Waals surface area contributed by atoms with Crippen LogP contribution in [0, 0.1) is 11.7 Å². The Hall–Kier alpha value is -2.52. The number of halogens is 3. The number of nitrogens with one attached hydrogen (secondary N) is 1. The van der Waals surface area contributed by atoms with E-state index in [1.807, 2.05) is 13.0 Å². The van der Waals surface area contributed by atoms with Crippen molar-refractivity contribution >= 4 is 30.0 Å². The van der Waals surface area contributed by atoms with E-state index in [-0.39, 0.29) is 11.4 Å². The molecule has 0 atom stereocenters. The maximum absolute atomic E-state index is 12.8. The van der Waals surface area contributed by atoms with Crippen LogP contribution in [0.1, 0.15) is 29.3 Å². The molecule has 0 amide bonds. The number of furan rings is 1. The second kappa shape index (κ2) is 7.79. The van der Waals surface area contributed by atoms with E-state index >= 15 is 0 Å². The second-order valence-electron chi connectivity index (χ2n) is 5.25. The zero-order valence-electron chi connectivity index (χ0n) is 13.4. The Morgan fingerprint density at radius 3 is 2.96 bits per heavy atom. The summed E-state index contributed by atoms with van der Waals surface area (Å²) in [4.78, 5) is 0. The first-order valence-electron chi connectivity index (χ1n) is 7.41. The largest absolute Gasteiger partial charge is 0.486 e. The summed E-state index contributed by atoms with van der Waals surface area (Å²) >= 11 is 10.8. The fourth-order valence-corrected chi connectivity index (χ4v) is 2.38. The van der Waals surface area contributed by atoms with Crippen LogP contribution in [0.25, 0.3) is 0 Å². The van der Waals surface area contributed by atoms with Crippen molar-refractivity contribution < 1.29 is 17.9 Å². The number of aromatic amines is 1. The van der Waals surface area contributed by atoms with Crippen LogP contribution in [0.3, 0.4) is 0 Å². The van der Waals surface area contributed by atoms with Crippen molar-refractivity contribution in [2.75, 3.05) is 0 Å². The average molecular weight is 399 g/mol. The van der Waals surface area contributed by atoms with Crippen LogP contribution >= 0.6 is 23.8 Å². The van der Waals surface area contributed by atoms with E-state index in [1.165, 1.54) is 6.21 Å². The summed E-state index contributed by atoms with van der Waals surface area (Å²) in [5.74, 6) is 0.993. The van der Waals surface area contributed by atoms with Gasteiger partial charge in [-0.3, -0.25) is 0 Å². The molecule has 3 rings (SSSR count). The van der Waals surface area contributed by atoms with Crippen molar-refractivity contribution in [1.82, 2.24) is 14.9 Å². The maximum Gasteiger partial charge on any atom is 0.299 e. The zero-order chi connectivity index (χ0) is 18.7. The highest BCUT2D eigenvalue weighted by atomic mass is 35.5. The molecule has 1 N–H and O–H groups in total. The second-order valence-corrected chi connectivity index (χ2v) is 6.04. The van der Waals surface area contributed by atoms with Crippen LogP contribution in [-0.2, 0) is 6.61 Å². The van der Waals surface area contributed by atoms with Gasteiger partial charge < -0.3 is 9.15 Å². The minimum absolute atomic E-state index is 0.0372. The average Bonchev–Trinajstić information content (AvgIpc) is 3.20. The molecule has 0 fully saturated rings. The number of alkyl halides is 2. The van der Waals surface area contributed by atoms with Crippen LogP contribution in [0.2, 0.25) is 5.02 Å². The molecule has 3 aromatic rings. The van der Waals surface area contributed by atoms with Gasteiger partial charge in [-0.2, -0.15) is 14.9 Å². The van der Waals surface area contributed by atoms with E-state index in [0.717, 1.165) is 10.2 Å². The maximum atomic E-state index is 12.8. The molecule has 0 radical (unpaired) electrons. The molecule has 0 aliphatic heterocycles. The van der Waals surface area contributed by atoms with Gasteiger partial charge in [-0.05, 0) is 55.0 Å². The molecule has 26 heavy (non-hydrogen) atoms.